The lowest BCUT2D eigenvalue weighted by atomic mass is 9.96. The Balaban J connectivity index is 1.99. The van der Waals surface area contributed by atoms with Crippen molar-refractivity contribution in [2.24, 2.45) is 11.8 Å². The first kappa shape index (κ1) is 17.0. The van der Waals surface area contributed by atoms with Gasteiger partial charge in [0.25, 0.3) is 0 Å². The van der Waals surface area contributed by atoms with Gasteiger partial charge in [0.15, 0.2) is 0 Å². The number of aliphatic carboxylic acids is 1. The largest absolute Gasteiger partial charge is 0.481 e. The van der Waals surface area contributed by atoms with E-state index in [0.717, 1.165) is 4.90 Å². The van der Waals surface area contributed by atoms with Gasteiger partial charge in [0, 0.05) is 19.6 Å². The van der Waals surface area contributed by atoms with Crippen LogP contribution < -0.4 is 5.32 Å². The molecule has 0 saturated carbocycles. The molecule has 1 aliphatic heterocycles. The van der Waals surface area contributed by atoms with E-state index in [0.29, 0.717) is 12.2 Å². The fraction of sp³-hybridized carbons (Fsp3) is 0.667. The first-order valence-corrected chi connectivity index (χ1v) is 6.93. The predicted octanol–water partition coefficient (Wildman–Crippen LogP) is 0.703. The lowest BCUT2D eigenvalue weighted by molar-refractivity contribution is -0.187. The van der Waals surface area contributed by atoms with E-state index in [1.807, 2.05) is 6.92 Å². The second kappa shape index (κ2) is 6.42. The molecule has 0 aromatic carbocycles. The van der Waals surface area contributed by atoms with E-state index in [9.17, 15) is 22.8 Å². The number of carbonyl (C=O) groups excluding carboxylic acids is 1. The van der Waals surface area contributed by atoms with Crippen LogP contribution in [0.4, 0.5) is 18.0 Å². The van der Waals surface area contributed by atoms with Crippen LogP contribution in [-0.2, 0) is 17.9 Å². The lowest BCUT2D eigenvalue weighted by Gasteiger charge is -2.18. The number of alkyl halides is 3. The highest BCUT2D eigenvalue weighted by Crippen LogP contribution is 2.37. The van der Waals surface area contributed by atoms with Crippen molar-refractivity contribution in [2.75, 3.05) is 13.1 Å². The minimum Gasteiger partial charge on any atom is -0.481 e. The summed E-state index contributed by atoms with van der Waals surface area (Å²) in [7, 11) is 0. The van der Waals surface area contributed by atoms with Gasteiger partial charge >= 0.3 is 18.2 Å². The van der Waals surface area contributed by atoms with Crippen LogP contribution in [0.15, 0.2) is 6.20 Å². The van der Waals surface area contributed by atoms with Gasteiger partial charge in [0.05, 0.1) is 30.3 Å². The number of carboxylic acid groups (broad SMARTS) is 1. The molecule has 2 N–H and O–H groups in total. The number of rotatable bonds is 4. The topological polar surface area (TPSA) is 100 Å². The van der Waals surface area contributed by atoms with Crippen molar-refractivity contribution < 1.29 is 27.9 Å². The number of aryl methyl sites for hydroxylation is 1. The molecule has 2 atom stereocenters. The van der Waals surface area contributed by atoms with Gasteiger partial charge in [-0.3, -0.25) is 4.79 Å². The maximum absolute atomic E-state index is 12.9. The molecule has 0 bridgehead atoms. The zero-order chi connectivity index (χ0) is 17.2. The van der Waals surface area contributed by atoms with Gasteiger partial charge in [-0.25, -0.2) is 9.48 Å². The van der Waals surface area contributed by atoms with Gasteiger partial charge in [-0.1, -0.05) is 5.21 Å². The molecule has 2 heterocycles. The fourth-order valence-electron chi connectivity index (χ4n) is 2.51. The molecule has 0 radical (unpaired) electrons. The molecule has 0 aliphatic carbocycles. The van der Waals surface area contributed by atoms with Crippen LogP contribution >= 0.6 is 0 Å². The highest BCUT2D eigenvalue weighted by Gasteiger charge is 2.53. The molecule has 1 aromatic heterocycles. The van der Waals surface area contributed by atoms with Gasteiger partial charge in [-0.05, 0) is 6.92 Å². The molecule has 8 nitrogen and oxygen atoms in total. The monoisotopic (exact) mass is 335 g/mol. The van der Waals surface area contributed by atoms with Crippen molar-refractivity contribution in [3.05, 3.63) is 11.9 Å². The smallest absolute Gasteiger partial charge is 0.394 e. The number of amides is 2. The number of halogens is 3. The van der Waals surface area contributed by atoms with Crippen LogP contribution in [-0.4, -0.2) is 56.3 Å². The first-order valence-electron chi connectivity index (χ1n) is 6.93. The molecule has 1 fully saturated rings. The second-order valence-corrected chi connectivity index (χ2v) is 5.20. The number of likely N-dealkylation sites (tertiary alicyclic amines) is 1. The minimum absolute atomic E-state index is 0.0462. The predicted molar refractivity (Wildman–Crippen MR) is 70.2 cm³/mol. The Morgan fingerprint density at radius 1 is 1.43 bits per heavy atom. The molecular formula is C12H16F3N5O3. The molecule has 2 rings (SSSR count). The van der Waals surface area contributed by atoms with Crippen molar-refractivity contribution in [3.63, 3.8) is 0 Å². The zero-order valence-corrected chi connectivity index (χ0v) is 12.2. The molecule has 1 saturated heterocycles. The maximum Gasteiger partial charge on any atom is 0.394 e. The second-order valence-electron chi connectivity index (χ2n) is 5.20. The molecule has 2 amide bonds. The van der Waals surface area contributed by atoms with Crippen molar-refractivity contribution in [3.8, 4) is 0 Å². The Kier molecular flexibility index (Phi) is 4.76. The lowest BCUT2D eigenvalue weighted by Crippen LogP contribution is -2.39. The summed E-state index contributed by atoms with van der Waals surface area (Å²) in [6, 6.07) is -0.744. The summed E-state index contributed by atoms with van der Waals surface area (Å²) in [6.45, 7) is 1.26. The molecule has 1 aliphatic rings. The number of aromatic nitrogens is 3. The van der Waals surface area contributed by atoms with E-state index in [4.69, 9.17) is 5.11 Å². The number of hydrogen-bond donors (Lipinski definition) is 2. The van der Waals surface area contributed by atoms with Crippen molar-refractivity contribution in [1.82, 2.24) is 25.2 Å². The highest BCUT2D eigenvalue weighted by molar-refractivity contribution is 5.77. The summed E-state index contributed by atoms with van der Waals surface area (Å²) < 4.78 is 40.2. The molecule has 0 unspecified atom stereocenters. The number of hydrogen-bond acceptors (Lipinski definition) is 4. The van der Waals surface area contributed by atoms with Gasteiger partial charge in [0.1, 0.15) is 0 Å². The zero-order valence-electron chi connectivity index (χ0n) is 12.2. The number of carboxylic acids is 1. The maximum atomic E-state index is 12.9. The first-order chi connectivity index (χ1) is 10.7. The summed E-state index contributed by atoms with van der Waals surface area (Å²) in [6.07, 6.45) is -3.23. The van der Waals surface area contributed by atoms with E-state index in [-0.39, 0.29) is 6.54 Å². The SMILES string of the molecule is CCn1nncc1CNC(=O)N1C[C@@H](C(F)(F)F)[C@H](C(=O)O)C1. The van der Waals surface area contributed by atoms with Crippen LogP contribution in [0.3, 0.4) is 0 Å². The Morgan fingerprint density at radius 2 is 2.13 bits per heavy atom. The van der Waals surface area contributed by atoms with Gasteiger partial charge in [0.2, 0.25) is 0 Å². The fourth-order valence-corrected chi connectivity index (χ4v) is 2.51. The van der Waals surface area contributed by atoms with Crippen LogP contribution in [0.1, 0.15) is 12.6 Å². The standard InChI is InChI=1S/C12H16F3N5O3/c1-2-20-7(4-17-18-20)3-16-11(23)19-5-8(10(21)22)9(6-19)12(13,14)15/h4,8-9H,2-3,5-6H2,1H3,(H,16,23)(H,21,22)/t8-,9-/m1/s1. The van der Waals surface area contributed by atoms with Crippen LogP contribution in [0, 0.1) is 11.8 Å². The number of urea groups is 1. The molecule has 128 valence electrons. The number of nitrogens with one attached hydrogen (secondary N) is 1. The molecule has 11 heteroatoms. The third-order valence-electron chi connectivity index (χ3n) is 3.76. The third kappa shape index (κ3) is 3.71. The van der Waals surface area contributed by atoms with Crippen LogP contribution in [0.5, 0.6) is 0 Å². The van der Waals surface area contributed by atoms with E-state index in [2.05, 4.69) is 15.6 Å². The molecule has 23 heavy (non-hydrogen) atoms. The third-order valence-corrected chi connectivity index (χ3v) is 3.76. The molecular weight excluding hydrogens is 319 g/mol. The average molecular weight is 335 g/mol. The van der Waals surface area contributed by atoms with Gasteiger partial charge in [-0.2, -0.15) is 13.2 Å². The van der Waals surface area contributed by atoms with E-state index in [1.54, 1.807) is 0 Å². The Bertz CT molecular complexity index is 589. The summed E-state index contributed by atoms with van der Waals surface area (Å²) in [5, 5.41) is 18.8. The summed E-state index contributed by atoms with van der Waals surface area (Å²) in [5.41, 5.74) is 0.599. The normalized spacial score (nSPS) is 21.5. The Morgan fingerprint density at radius 3 is 2.65 bits per heavy atom. The Hall–Kier alpha value is -2.33. The number of nitrogens with zero attached hydrogens (tertiary/aromatic N) is 4. The average Bonchev–Trinajstić information content (AvgIpc) is 3.10. The summed E-state index contributed by atoms with van der Waals surface area (Å²) >= 11 is 0. The van der Waals surface area contributed by atoms with Crippen molar-refractivity contribution >= 4 is 12.0 Å². The van der Waals surface area contributed by atoms with E-state index < -0.39 is 43.1 Å². The van der Waals surface area contributed by atoms with Gasteiger partial charge < -0.3 is 15.3 Å². The van der Waals surface area contributed by atoms with Crippen molar-refractivity contribution in [2.45, 2.75) is 26.2 Å². The number of carbonyl (C=O) groups is 2. The molecule has 1 aromatic rings. The van der Waals surface area contributed by atoms with Crippen LogP contribution in [0.25, 0.3) is 0 Å². The highest BCUT2D eigenvalue weighted by atomic mass is 19.4. The van der Waals surface area contributed by atoms with E-state index in [1.165, 1.54) is 10.9 Å². The molecule has 0 spiro atoms. The quantitative estimate of drug-likeness (QED) is 0.844. The Labute approximate surface area is 129 Å². The van der Waals surface area contributed by atoms with Gasteiger partial charge in [-0.15, -0.1) is 5.10 Å². The van der Waals surface area contributed by atoms with E-state index >= 15 is 0 Å². The van der Waals surface area contributed by atoms with Crippen LogP contribution in [0.2, 0.25) is 0 Å². The van der Waals surface area contributed by atoms with Crippen molar-refractivity contribution in [1.29, 1.82) is 0 Å². The summed E-state index contributed by atoms with van der Waals surface area (Å²) in [4.78, 5) is 23.8. The summed E-state index contributed by atoms with van der Waals surface area (Å²) in [5.74, 6) is -5.27. The minimum atomic E-state index is -4.66.